The van der Waals surface area contributed by atoms with E-state index in [1.165, 1.54) is 46.3 Å². The van der Waals surface area contributed by atoms with Crippen LogP contribution in [0.2, 0.25) is 0 Å². The number of hydrogen-bond donors (Lipinski definition) is 2. The minimum absolute atomic E-state index is 0.0297. The summed E-state index contributed by atoms with van der Waals surface area (Å²) < 4.78 is 31.4. The van der Waals surface area contributed by atoms with Gasteiger partial charge >= 0.3 is 0 Å². The van der Waals surface area contributed by atoms with Crippen molar-refractivity contribution in [3.8, 4) is 5.75 Å². The van der Waals surface area contributed by atoms with Crippen LogP contribution in [0, 0.1) is 0 Å². The van der Waals surface area contributed by atoms with Gasteiger partial charge in [-0.1, -0.05) is 0 Å². The highest BCUT2D eigenvalue weighted by Crippen LogP contribution is 2.29. The summed E-state index contributed by atoms with van der Waals surface area (Å²) in [6.45, 7) is 1.35. The summed E-state index contributed by atoms with van der Waals surface area (Å²) in [7, 11) is 0.551. The molecular formula is C18H20BrN3O5S. The fourth-order valence-corrected chi connectivity index (χ4v) is 4.13. The van der Waals surface area contributed by atoms with E-state index in [0.29, 0.717) is 21.6 Å². The van der Waals surface area contributed by atoms with E-state index in [9.17, 15) is 18.0 Å². The first-order chi connectivity index (χ1) is 13.1. The number of amides is 2. The second-order valence-electron chi connectivity index (χ2n) is 5.98. The van der Waals surface area contributed by atoms with Crippen LogP contribution in [0.25, 0.3) is 0 Å². The largest absolute Gasteiger partial charge is 0.497 e. The van der Waals surface area contributed by atoms with Gasteiger partial charge in [-0.05, 0) is 46.3 Å². The number of anilines is 2. The van der Waals surface area contributed by atoms with E-state index in [1.54, 1.807) is 18.2 Å². The number of rotatable bonds is 6. The Hall–Kier alpha value is -2.43. The minimum Gasteiger partial charge on any atom is -0.497 e. The summed E-state index contributed by atoms with van der Waals surface area (Å²) >= 11 is 3.21. The first kappa shape index (κ1) is 21.9. The lowest BCUT2D eigenvalue weighted by atomic mass is 10.2. The third-order valence-corrected chi connectivity index (χ3v) is 6.55. The maximum atomic E-state index is 12.7. The van der Waals surface area contributed by atoms with E-state index in [4.69, 9.17) is 4.74 Å². The van der Waals surface area contributed by atoms with Gasteiger partial charge in [-0.25, -0.2) is 12.7 Å². The van der Waals surface area contributed by atoms with E-state index in [2.05, 4.69) is 26.6 Å². The van der Waals surface area contributed by atoms with Crippen molar-refractivity contribution >= 4 is 49.1 Å². The van der Waals surface area contributed by atoms with Gasteiger partial charge in [-0.15, -0.1) is 0 Å². The zero-order valence-electron chi connectivity index (χ0n) is 15.7. The van der Waals surface area contributed by atoms with Gasteiger partial charge in [0.2, 0.25) is 15.9 Å². The molecule has 0 radical (unpaired) electrons. The zero-order chi connectivity index (χ0) is 21.1. The maximum Gasteiger partial charge on any atom is 0.255 e. The molecule has 0 atom stereocenters. The summed E-state index contributed by atoms with van der Waals surface area (Å²) in [6, 6.07) is 9.06. The molecule has 0 heterocycles. The third-order valence-electron chi connectivity index (χ3n) is 3.74. The number of carbonyl (C=O) groups is 2. The number of ether oxygens (including phenoxy) is 1. The molecule has 0 saturated carbocycles. The molecule has 2 aromatic carbocycles. The summed E-state index contributed by atoms with van der Waals surface area (Å²) in [5.41, 5.74) is 0.847. The SMILES string of the molecule is COc1ccc(NC(C)=O)c(NC(=O)c2ccc(Br)c(S(=O)(=O)N(C)C)c2)c1. The van der Waals surface area contributed by atoms with Crippen LogP contribution >= 0.6 is 15.9 Å². The third kappa shape index (κ3) is 4.89. The number of nitrogens with one attached hydrogen (secondary N) is 2. The Morgan fingerprint density at radius 1 is 1.04 bits per heavy atom. The van der Waals surface area contributed by atoms with Crippen molar-refractivity contribution < 1.29 is 22.7 Å². The van der Waals surface area contributed by atoms with Crippen LogP contribution < -0.4 is 15.4 Å². The lowest BCUT2D eigenvalue weighted by Gasteiger charge is -2.15. The number of hydrogen-bond acceptors (Lipinski definition) is 5. The van der Waals surface area contributed by atoms with Crippen LogP contribution in [0.3, 0.4) is 0 Å². The fourth-order valence-electron chi connectivity index (χ4n) is 2.29. The quantitative estimate of drug-likeness (QED) is 0.676. The van der Waals surface area contributed by atoms with Gasteiger partial charge in [0.15, 0.2) is 0 Å². The number of sulfonamides is 1. The van der Waals surface area contributed by atoms with Crippen molar-refractivity contribution in [2.24, 2.45) is 0 Å². The predicted molar refractivity (Wildman–Crippen MR) is 110 cm³/mol. The predicted octanol–water partition coefficient (Wildman–Crippen LogP) is 2.92. The molecule has 0 bridgehead atoms. The molecule has 0 aliphatic heterocycles. The van der Waals surface area contributed by atoms with Crippen LogP contribution in [0.5, 0.6) is 5.75 Å². The highest BCUT2D eigenvalue weighted by molar-refractivity contribution is 9.10. The number of halogens is 1. The van der Waals surface area contributed by atoms with E-state index < -0.39 is 15.9 Å². The van der Waals surface area contributed by atoms with Gasteiger partial charge in [0.05, 0.1) is 23.4 Å². The van der Waals surface area contributed by atoms with Gasteiger partial charge in [0.25, 0.3) is 5.91 Å². The Balaban J connectivity index is 2.42. The molecule has 0 aliphatic rings. The van der Waals surface area contributed by atoms with Gasteiger partial charge in [-0.3, -0.25) is 9.59 Å². The van der Waals surface area contributed by atoms with E-state index >= 15 is 0 Å². The molecule has 0 saturated heterocycles. The molecule has 0 aliphatic carbocycles. The number of benzene rings is 2. The maximum absolute atomic E-state index is 12.7. The van der Waals surface area contributed by atoms with Crippen LogP contribution in [0.4, 0.5) is 11.4 Å². The molecule has 0 aromatic heterocycles. The van der Waals surface area contributed by atoms with Crippen molar-refractivity contribution in [1.82, 2.24) is 4.31 Å². The number of methoxy groups -OCH3 is 1. The Morgan fingerprint density at radius 2 is 1.71 bits per heavy atom. The molecule has 8 nitrogen and oxygen atoms in total. The van der Waals surface area contributed by atoms with Crippen molar-refractivity contribution in [1.29, 1.82) is 0 Å². The summed E-state index contributed by atoms with van der Waals surface area (Å²) in [6.07, 6.45) is 0. The van der Waals surface area contributed by atoms with Crippen LogP contribution in [0.15, 0.2) is 45.8 Å². The molecule has 0 fully saturated rings. The lowest BCUT2D eigenvalue weighted by molar-refractivity contribution is -0.114. The van der Waals surface area contributed by atoms with Crippen molar-refractivity contribution in [2.45, 2.75) is 11.8 Å². The van der Waals surface area contributed by atoms with Crippen molar-refractivity contribution in [3.63, 3.8) is 0 Å². The smallest absolute Gasteiger partial charge is 0.255 e. The van der Waals surface area contributed by atoms with Crippen LogP contribution in [-0.2, 0) is 14.8 Å². The minimum atomic E-state index is -3.74. The molecule has 2 aromatic rings. The average molecular weight is 470 g/mol. The first-order valence-electron chi connectivity index (χ1n) is 8.05. The van der Waals surface area contributed by atoms with E-state index in [1.807, 2.05) is 0 Å². The topological polar surface area (TPSA) is 105 Å². The average Bonchev–Trinajstić information content (AvgIpc) is 2.62. The molecule has 2 rings (SSSR count). The Morgan fingerprint density at radius 3 is 2.29 bits per heavy atom. The number of carbonyl (C=O) groups excluding carboxylic acids is 2. The van der Waals surface area contributed by atoms with Crippen LogP contribution in [-0.4, -0.2) is 45.7 Å². The monoisotopic (exact) mass is 469 g/mol. The molecule has 0 unspecified atom stereocenters. The normalized spacial score (nSPS) is 11.2. The highest BCUT2D eigenvalue weighted by atomic mass is 79.9. The summed E-state index contributed by atoms with van der Waals surface area (Å²) in [5, 5.41) is 5.30. The van der Waals surface area contributed by atoms with Gasteiger partial charge in [0.1, 0.15) is 5.75 Å². The lowest BCUT2D eigenvalue weighted by Crippen LogP contribution is -2.23. The second-order valence-corrected chi connectivity index (χ2v) is 8.95. The Kier molecular flexibility index (Phi) is 6.81. The molecule has 0 spiro atoms. The standard InChI is InChI=1S/C18H20BrN3O5S/c1-11(23)20-15-8-6-13(27-4)10-16(15)21-18(24)12-5-7-14(19)17(9-12)28(25,26)22(2)3/h5-10H,1-4H3,(H,20,23)(H,21,24). The summed E-state index contributed by atoms with van der Waals surface area (Å²) in [5.74, 6) is -0.359. The zero-order valence-corrected chi connectivity index (χ0v) is 18.1. The van der Waals surface area contributed by atoms with Crippen molar-refractivity contribution in [3.05, 3.63) is 46.4 Å². The fraction of sp³-hybridized carbons (Fsp3) is 0.222. The van der Waals surface area contributed by atoms with Gasteiger partial charge in [0, 0.05) is 37.1 Å². The van der Waals surface area contributed by atoms with E-state index in [0.717, 1.165) is 4.31 Å². The first-order valence-corrected chi connectivity index (χ1v) is 10.3. The van der Waals surface area contributed by atoms with Crippen molar-refractivity contribution in [2.75, 3.05) is 31.8 Å². The molecule has 2 amide bonds. The number of nitrogens with zero attached hydrogens (tertiary/aromatic N) is 1. The highest BCUT2D eigenvalue weighted by Gasteiger charge is 2.22. The molecule has 2 N–H and O–H groups in total. The van der Waals surface area contributed by atoms with E-state index in [-0.39, 0.29) is 16.4 Å². The van der Waals surface area contributed by atoms with Gasteiger partial charge in [-0.2, -0.15) is 0 Å². The molecule has 150 valence electrons. The Bertz CT molecular complexity index is 1020. The second kappa shape index (κ2) is 8.72. The molecule has 28 heavy (non-hydrogen) atoms. The van der Waals surface area contributed by atoms with Crippen LogP contribution in [0.1, 0.15) is 17.3 Å². The molecule has 10 heteroatoms. The van der Waals surface area contributed by atoms with Gasteiger partial charge < -0.3 is 15.4 Å². The molecular weight excluding hydrogens is 450 g/mol. The summed E-state index contributed by atoms with van der Waals surface area (Å²) in [4.78, 5) is 24.1. The Labute approximate surface area is 172 Å².